The van der Waals surface area contributed by atoms with Crippen molar-refractivity contribution in [2.75, 3.05) is 12.4 Å². The molecule has 0 saturated carbocycles. The molecule has 1 rings (SSSR count). The van der Waals surface area contributed by atoms with Gasteiger partial charge < -0.3 is 4.74 Å². The molecule has 88 valence electrons. The molecular weight excluding hydrogens is 220 g/mol. The van der Waals surface area contributed by atoms with Crippen LogP contribution in [0.5, 0.6) is 0 Å². The van der Waals surface area contributed by atoms with Crippen LogP contribution in [-0.2, 0) is 9.53 Å². The minimum absolute atomic E-state index is 0.147. The van der Waals surface area contributed by atoms with Gasteiger partial charge in [0, 0.05) is 4.90 Å². The molecule has 0 saturated heterocycles. The SMILES string of the molecule is CCOC(=O)C(C)c1ccccc1SCC. The summed E-state index contributed by atoms with van der Waals surface area (Å²) < 4.78 is 5.04. The van der Waals surface area contributed by atoms with Gasteiger partial charge >= 0.3 is 5.97 Å². The molecule has 2 nitrogen and oxygen atoms in total. The first-order chi connectivity index (χ1) is 7.70. The number of thioether (sulfide) groups is 1. The average Bonchev–Trinajstić information content (AvgIpc) is 2.29. The average molecular weight is 238 g/mol. The summed E-state index contributed by atoms with van der Waals surface area (Å²) in [6.45, 7) is 6.27. The molecule has 3 heteroatoms. The van der Waals surface area contributed by atoms with Crippen LogP contribution < -0.4 is 0 Å². The summed E-state index contributed by atoms with van der Waals surface area (Å²) in [4.78, 5) is 12.8. The van der Waals surface area contributed by atoms with Gasteiger partial charge in [0.1, 0.15) is 0 Å². The summed E-state index contributed by atoms with van der Waals surface area (Å²) in [7, 11) is 0. The number of ether oxygens (including phenoxy) is 1. The second kappa shape index (κ2) is 6.59. The zero-order valence-electron chi connectivity index (χ0n) is 10.0. The van der Waals surface area contributed by atoms with Crippen LogP contribution in [0.15, 0.2) is 29.2 Å². The number of rotatable bonds is 5. The predicted molar refractivity (Wildman–Crippen MR) is 67.9 cm³/mol. The fourth-order valence-electron chi connectivity index (χ4n) is 1.52. The van der Waals surface area contributed by atoms with Crippen LogP contribution in [-0.4, -0.2) is 18.3 Å². The zero-order chi connectivity index (χ0) is 12.0. The van der Waals surface area contributed by atoms with Crippen molar-refractivity contribution in [1.82, 2.24) is 0 Å². The van der Waals surface area contributed by atoms with Gasteiger partial charge in [-0.1, -0.05) is 25.1 Å². The molecule has 1 atom stereocenters. The predicted octanol–water partition coefficient (Wildman–Crippen LogP) is 3.47. The van der Waals surface area contributed by atoms with Crippen LogP contribution in [0.2, 0.25) is 0 Å². The topological polar surface area (TPSA) is 26.3 Å². The Kier molecular flexibility index (Phi) is 5.39. The van der Waals surface area contributed by atoms with E-state index >= 15 is 0 Å². The fraction of sp³-hybridized carbons (Fsp3) is 0.462. The van der Waals surface area contributed by atoms with Crippen molar-refractivity contribution in [2.45, 2.75) is 31.6 Å². The Hall–Kier alpha value is -0.960. The molecule has 0 heterocycles. The third kappa shape index (κ3) is 3.27. The van der Waals surface area contributed by atoms with Crippen LogP contribution in [0, 0.1) is 0 Å². The maximum Gasteiger partial charge on any atom is 0.313 e. The van der Waals surface area contributed by atoms with Crippen molar-refractivity contribution >= 4 is 17.7 Å². The highest BCUT2D eigenvalue weighted by molar-refractivity contribution is 7.99. The Labute approximate surface area is 101 Å². The molecule has 0 fully saturated rings. The minimum atomic E-state index is -0.185. The van der Waals surface area contributed by atoms with Crippen molar-refractivity contribution in [3.8, 4) is 0 Å². The molecule has 0 aliphatic carbocycles. The van der Waals surface area contributed by atoms with E-state index < -0.39 is 0 Å². The van der Waals surface area contributed by atoms with E-state index in [9.17, 15) is 4.79 Å². The molecule has 0 aliphatic rings. The van der Waals surface area contributed by atoms with Gasteiger partial charge in [0.25, 0.3) is 0 Å². The largest absolute Gasteiger partial charge is 0.466 e. The smallest absolute Gasteiger partial charge is 0.313 e. The van der Waals surface area contributed by atoms with Gasteiger partial charge in [0.2, 0.25) is 0 Å². The summed E-state index contributed by atoms with van der Waals surface area (Å²) in [5, 5.41) is 0. The first kappa shape index (κ1) is 13.1. The van der Waals surface area contributed by atoms with E-state index in [0.717, 1.165) is 11.3 Å². The van der Waals surface area contributed by atoms with Crippen LogP contribution >= 0.6 is 11.8 Å². The molecule has 0 bridgehead atoms. The van der Waals surface area contributed by atoms with Gasteiger partial charge in [0.15, 0.2) is 0 Å². The normalized spacial score (nSPS) is 12.2. The number of benzene rings is 1. The monoisotopic (exact) mass is 238 g/mol. The molecule has 1 aromatic carbocycles. The third-order valence-corrected chi connectivity index (χ3v) is 3.30. The van der Waals surface area contributed by atoms with Crippen molar-refractivity contribution in [2.24, 2.45) is 0 Å². The van der Waals surface area contributed by atoms with Gasteiger partial charge in [-0.15, -0.1) is 11.8 Å². The molecule has 0 radical (unpaired) electrons. The Morgan fingerprint density at radius 3 is 2.69 bits per heavy atom. The minimum Gasteiger partial charge on any atom is -0.466 e. The van der Waals surface area contributed by atoms with Crippen molar-refractivity contribution in [3.63, 3.8) is 0 Å². The first-order valence-corrected chi connectivity index (χ1v) is 6.57. The van der Waals surface area contributed by atoms with Gasteiger partial charge in [-0.25, -0.2) is 0 Å². The van der Waals surface area contributed by atoms with Gasteiger partial charge in [-0.3, -0.25) is 4.79 Å². The number of esters is 1. The maximum absolute atomic E-state index is 11.7. The van der Waals surface area contributed by atoms with Crippen molar-refractivity contribution in [3.05, 3.63) is 29.8 Å². The van der Waals surface area contributed by atoms with Crippen LogP contribution in [0.25, 0.3) is 0 Å². The highest BCUT2D eigenvalue weighted by Gasteiger charge is 2.18. The van der Waals surface area contributed by atoms with E-state index in [1.165, 1.54) is 4.90 Å². The van der Waals surface area contributed by atoms with Crippen molar-refractivity contribution < 1.29 is 9.53 Å². The quantitative estimate of drug-likeness (QED) is 0.580. The highest BCUT2D eigenvalue weighted by atomic mass is 32.2. The number of carbonyl (C=O) groups is 1. The lowest BCUT2D eigenvalue weighted by atomic mass is 10.0. The Bertz CT molecular complexity index is 350. The second-order valence-corrected chi connectivity index (χ2v) is 4.75. The molecule has 0 amide bonds. The van der Waals surface area contributed by atoms with E-state index in [2.05, 4.69) is 13.0 Å². The lowest BCUT2D eigenvalue weighted by Crippen LogP contribution is -2.13. The molecule has 0 aromatic heterocycles. The van der Waals surface area contributed by atoms with E-state index in [1.807, 2.05) is 32.0 Å². The van der Waals surface area contributed by atoms with Crippen LogP contribution in [0.4, 0.5) is 0 Å². The van der Waals surface area contributed by atoms with Gasteiger partial charge in [-0.05, 0) is 31.2 Å². The molecule has 16 heavy (non-hydrogen) atoms. The molecule has 1 unspecified atom stereocenters. The standard InChI is InChI=1S/C13H18O2S/c1-4-15-13(14)10(3)11-8-6-7-9-12(11)16-5-2/h6-10H,4-5H2,1-3H3. The first-order valence-electron chi connectivity index (χ1n) is 5.59. The summed E-state index contributed by atoms with van der Waals surface area (Å²) >= 11 is 1.76. The Morgan fingerprint density at radius 1 is 1.38 bits per heavy atom. The summed E-state index contributed by atoms with van der Waals surface area (Å²) in [5.74, 6) is 0.675. The van der Waals surface area contributed by atoms with Gasteiger partial charge in [-0.2, -0.15) is 0 Å². The molecule has 0 N–H and O–H groups in total. The van der Waals surface area contributed by atoms with Crippen LogP contribution in [0.3, 0.4) is 0 Å². The van der Waals surface area contributed by atoms with Crippen molar-refractivity contribution in [1.29, 1.82) is 0 Å². The summed E-state index contributed by atoms with van der Waals surface area (Å²) in [6, 6.07) is 8.02. The molecule has 0 spiro atoms. The van der Waals surface area contributed by atoms with E-state index in [0.29, 0.717) is 6.61 Å². The summed E-state index contributed by atoms with van der Waals surface area (Å²) in [5.41, 5.74) is 1.06. The highest BCUT2D eigenvalue weighted by Crippen LogP contribution is 2.28. The zero-order valence-corrected chi connectivity index (χ0v) is 10.8. The molecular formula is C13H18O2S. The third-order valence-electron chi connectivity index (χ3n) is 2.33. The molecule has 1 aromatic rings. The number of hydrogen-bond donors (Lipinski definition) is 0. The lowest BCUT2D eigenvalue weighted by Gasteiger charge is -2.14. The fourth-order valence-corrected chi connectivity index (χ4v) is 2.42. The second-order valence-electron chi connectivity index (χ2n) is 3.44. The van der Waals surface area contributed by atoms with E-state index in [4.69, 9.17) is 4.74 Å². The lowest BCUT2D eigenvalue weighted by molar-refractivity contribution is -0.144. The van der Waals surface area contributed by atoms with E-state index in [-0.39, 0.29) is 11.9 Å². The Morgan fingerprint density at radius 2 is 2.06 bits per heavy atom. The van der Waals surface area contributed by atoms with E-state index in [1.54, 1.807) is 11.8 Å². The van der Waals surface area contributed by atoms with Crippen LogP contribution in [0.1, 0.15) is 32.3 Å². The summed E-state index contributed by atoms with van der Waals surface area (Å²) in [6.07, 6.45) is 0. The number of hydrogen-bond acceptors (Lipinski definition) is 3. The van der Waals surface area contributed by atoms with Gasteiger partial charge in [0.05, 0.1) is 12.5 Å². The number of carbonyl (C=O) groups excluding carboxylic acids is 1. The molecule has 0 aliphatic heterocycles. The maximum atomic E-state index is 11.7. The Balaban J connectivity index is 2.89.